The molecule has 0 aromatic heterocycles. The summed E-state index contributed by atoms with van der Waals surface area (Å²) in [6.07, 6.45) is 4.86. The van der Waals surface area contributed by atoms with Crippen LogP contribution in [0, 0.1) is 17.8 Å². The minimum absolute atomic E-state index is 0.119. The predicted molar refractivity (Wildman–Crippen MR) is 60.2 cm³/mol. The summed E-state index contributed by atoms with van der Waals surface area (Å²) in [6, 6.07) is 0. The maximum Gasteiger partial charge on any atom is 0.225 e. The van der Waals surface area contributed by atoms with E-state index in [1.807, 2.05) is 6.92 Å². The largest absolute Gasteiger partial charge is 0.342 e. The van der Waals surface area contributed by atoms with Crippen molar-refractivity contribution in [2.75, 3.05) is 19.6 Å². The number of carbonyl (C=O) groups excluding carboxylic acids is 1. The molecule has 1 aliphatic carbocycles. The first-order valence-electron chi connectivity index (χ1n) is 6.21. The smallest absolute Gasteiger partial charge is 0.225 e. The molecule has 1 saturated carbocycles. The van der Waals surface area contributed by atoms with Crippen molar-refractivity contribution < 1.29 is 4.79 Å². The van der Waals surface area contributed by atoms with Crippen molar-refractivity contribution in [2.24, 2.45) is 23.5 Å². The van der Waals surface area contributed by atoms with Crippen LogP contribution in [0.2, 0.25) is 0 Å². The Bertz CT molecular complexity index is 230. The molecule has 0 aromatic rings. The summed E-state index contributed by atoms with van der Waals surface area (Å²) in [4.78, 5) is 14.1. The lowest BCUT2D eigenvalue weighted by atomic mass is 10.0. The van der Waals surface area contributed by atoms with Crippen LogP contribution in [0.15, 0.2) is 0 Å². The summed E-state index contributed by atoms with van der Waals surface area (Å²) < 4.78 is 0. The Kier molecular flexibility index (Phi) is 3.29. The van der Waals surface area contributed by atoms with Crippen LogP contribution in [0.1, 0.15) is 32.6 Å². The Hall–Kier alpha value is -0.570. The summed E-state index contributed by atoms with van der Waals surface area (Å²) in [5.41, 5.74) is 5.49. The van der Waals surface area contributed by atoms with Crippen LogP contribution < -0.4 is 5.73 Å². The summed E-state index contributed by atoms with van der Waals surface area (Å²) >= 11 is 0. The van der Waals surface area contributed by atoms with E-state index in [-0.39, 0.29) is 5.92 Å². The highest BCUT2D eigenvalue weighted by Gasteiger charge is 2.38. The first-order chi connectivity index (χ1) is 7.22. The van der Waals surface area contributed by atoms with E-state index in [4.69, 9.17) is 5.73 Å². The lowest BCUT2D eigenvalue weighted by Crippen LogP contribution is -2.34. The van der Waals surface area contributed by atoms with Crippen molar-refractivity contribution in [3.63, 3.8) is 0 Å². The van der Waals surface area contributed by atoms with Crippen molar-refractivity contribution in [1.82, 2.24) is 4.90 Å². The average molecular weight is 210 g/mol. The van der Waals surface area contributed by atoms with Crippen molar-refractivity contribution in [2.45, 2.75) is 32.6 Å². The Balaban J connectivity index is 1.87. The Morgan fingerprint density at radius 3 is 2.53 bits per heavy atom. The molecular formula is C12H22N2O. The molecule has 2 N–H and O–H groups in total. The zero-order chi connectivity index (χ0) is 10.8. The van der Waals surface area contributed by atoms with Crippen LogP contribution in [0.5, 0.6) is 0 Å². The van der Waals surface area contributed by atoms with Crippen LogP contribution in [0.4, 0.5) is 0 Å². The van der Waals surface area contributed by atoms with Crippen LogP contribution in [0.3, 0.4) is 0 Å². The minimum Gasteiger partial charge on any atom is -0.342 e. The second-order valence-electron chi connectivity index (χ2n) is 5.17. The van der Waals surface area contributed by atoms with Crippen LogP contribution in [-0.4, -0.2) is 30.4 Å². The molecule has 0 aromatic carbocycles. The number of likely N-dealkylation sites (tertiary alicyclic amines) is 1. The van der Waals surface area contributed by atoms with Gasteiger partial charge in [0.05, 0.1) is 0 Å². The van der Waals surface area contributed by atoms with E-state index in [0.717, 1.165) is 31.3 Å². The zero-order valence-electron chi connectivity index (χ0n) is 9.61. The van der Waals surface area contributed by atoms with E-state index in [1.54, 1.807) is 0 Å². The topological polar surface area (TPSA) is 46.3 Å². The van der Waals surface area contributed by atoms with Gasteiger partial charge in [-0.2, -0.15) is 0 Å². The molecule has 2 rings (SSSR count). The zero-order valence-corrected chi connectivity index (χ0v) is 9.61. The minimum atomic E-state index is 0.119. The highest BCUT2D eigenvalue weighted by molar-refractivity contribution is 5.78. The molecule has 3 heteroatoms. The summed E-state index contributed by atoms with van der Waals surface area (Å²) in [5, 5.41) is 0. The molecule has 15 heavy (non-hydrogen) atoms. The fraction of sp³-hybridized carbons (Fsp3) is 0.917. The SMILES string of the molecule is CC(CCN)C(=O)N1CC2CCCC2C1. The lowest BCUT2D eigenvalue weighted by molar-refractivity contribution is -0.134. The van der Waals surface area contributed by atoms with Gasteiger partial charge in [-0.3, -0.25) is 4.79 Å². The number of carbonyl (C=O) groups is 1. The lowest BCUT2D eigenvalue weighted by Gasteiger charge is -2.21. The molecule has 1 aliphatic heterocycles. The van der Waals surface area contributed by atoms with Gasteiger partial charge in [-0.05, 0) is 37.6 Å². The van der Waals surface area contributed by atoms with E-state index in [2.05, 4.69) is 4.90 Å². The molecule has 2 fully saturated rings. The molecule has 1 amide bonds. The van der Waals surface area contributed by atoms with E-state index in [1.165, 1.54) is 19.3 Å². The Morgan fingerprint density at radius 2 is 2.00 bits per heavy atom. The third-order valence-electron chi connectivity index (χ3n) is 4.06. The molecule has 3 unspecified atom stereocenters. The van der Waals surface area contributed by atoms with Gasteiger partial charge in [0.25, 0.3) is 0 Å². The number of hydrogen-bond acceptors (Lipinski definition) is 2. The van der Waals surface area contributed by atoms with Gasteiger partial charge in [0, 0.05) is 19.0 Å². The Labute approximate surface area is 92.0 Å². The first-order valence-corrected chi connectivity index (χ1v) is 6.21. The number of amides is 1. The molecule has 86 valence electrons. The van der Waals surface area contributed by atoms with Gasteiger partial charge in [0.15, 0.2) is 0 Å². The molecule has 2 aliphatic rings. The molecule has 0 bridgehead atoms. The highest BCUT2D eigenvalue weighted by atomic mass is 16.2. The van der Waals surface area contributed by atoms with Gasteiger partial charge in [-0.25, -0.2) is 0 Å². The molecule has 3 nitrogen and oxygen atoms in total. The van der Waals surface area contributed by atoms with Crippen molar-refractivity contribution in [3.05, 3.63) is 0 Å². The molecule has 0 radical (unpaired) electrons. The van der Waals surface area contributed by atoms with Crippen molar-refractivity contribution in [3.8, 4) is 0 Å². The molecular weight excluding hydrogens is 188 g/mol. The van der Waals surface area contributed by atoms with Crippen LogP contribution >= 0.6 is 0 Å². The second kappa shape index (κ2) is 4.52. The monoisotopic (exact) mass is 210 g/mol. The maximum atomic E-state index is 12.0. The molecule has 1 saturated heterocycles. The van der Waals surface area contributed by atoms with E-state index < -0.39 is 0 Å². The highest BCUT2D eigenvalue weighted by Crippen LogP contribution is 2.38. The molecule has 0 spiro atoms. The third kappa shape index (κ3) is 2.17. The van der Waals surface area contributed by atoms with Gasteiger partial charge >= 0.3 is 0 Å². The summed E-state index contributed by atoms with van der Waals surface area (Å²) in [7, 11) is 0. The standard InChI is InChI=1S/C12H22N2O/c1-9(5-6-13)12(15)14-7-10-3-2-4-11(10)8-14/h9-11H,2-8,13H2,1H3. The number of fused-ring (bicyclic) bond motifs is 1. The predicted octanol–water partition coefficient (Wildman–Crippen LogP) is 1.23. The van der Waals surface area contributed by atoms with Gasteiger partial charge < -0.3 is 10.6 Å². The van der Waals surface area contributed by atoms with Gasteiger partial charge in [-0.15, -0.1) is 0 Å². The van der Waals surface area contributed by atoms with Gasteiger partial charge in [0.1, 0.15) is 0 Å². The van der Waals surface area contributed by atoms with Gasteiger partial charge in [0.2, 0.25) is 5.91 Å². The van der Waals surface area contributed by atoms with E-state index in [0.29, 0.717) is 12.5 Å². The van der Waals surface area contributed by atoms with Crippen LogP contribution in [0.25, 0.3) is 0 Å². The number of nitrogens with two attached hydrogens (primary N) is 1. The number of nitrogens with zero attached hydrogens (tertiary/aromatic N) is 1. The summed E-state index contributed by atoms with van der Waals surface area (Å²) in [6.45, 7) is 4.65. The van der Waals surface area contributed by atoms with Crippen molar-refractivity contribution in [1.29, 1.82) is 0 Å². The number of hydrogen-bond donors (Lipinski definition) is 1. The maximum absolute atomic E-state index is 12.0. The van der Waals surface area contributed by atoms with Gasteiger partial charge in [-0.1, -0.05) is 13.3 Å². The quantitative estimate of drug-likeness (QED) is 0.761. The fourth-order valence-electron chi connectivity index (χ4n) is 3.10. The fourth-order valence-corrected chi connectivity index (χ4v) is 3.10. The number of rotatable bonds is 3. The van der Waals surface area contributed by atoms with E-state index in [9.17, 15) is 4.79 Å². The Morgan fingerprint density at radius 1 is 1.40 bits per heavy atom. The third-order valence-corrected chi connectivity index (χ3v) is 4.06. The normalized spacial score (nSPS) is 31.7. The molecule has 1 heterocycles. The summed E-state index contributed by atoms with van der Waals surface area (Å²) in [5.74, 6) is 2.06. The first kappa shape index (κ1) is 10.9. The van der Waals surface area contributed by atoms with E-state index >= 15 is 0 Å². The van der Waals surface area contributed by atoms with Crippen LogP contribution in [-0.2, 0) is 4.79 Å². The average Bonchev–Trinajstić information content (AvgIpc) is 2.75. The second-order valence-corrected chi connectivity index (χ2v) is 5.17. The van der Waals surface area contributed by atoms with Crippen molar-refractivity contribution >= 4 is 5.91 Å². The molecule has 3 atom stereocenters.